The number of carbonyl (C=O) groups is 1. The highest BCUT2D eigenvalue weighted by Gasteiger charge is 2.42. The van der Waals surface area contributed by atoms with Crippen LogP contribution in [0.4, 0.5) is 10.6 Å². The lowest BCUT2D eigenvalue weighted by molar-refractivity contribution is 0.0492. The zero-order valence-electron chi connectivity index (χ0n) is 23.0. The predicted octanol–water partition coefficient (Wildman–Crippen LogP) is 4.58. The van der Waals surface area contributed by atoms with E-state index in [0.29, 0.717) is 27.0 Å². The molecule has 2 saturated heterocycles. The number of aliphatic hydroxyl groups excluding tert-OH is 1. The molecule has 4 aromatic rings. The second-order valence-electron chi connectivity index (χ2n) is 11.8. The third-order valence-corrected chi connectivity index (χ3v) is 8.32. The van der Waals surface area contributed by atoms with Crippen LogP contribution in [-0.4, -0.2) is 54.0 Å². The summed E-state index contributed by atoms with van der Waals surface area (Å²) in [7, 11) is 1.71. The molecule has 2 aliphatic rings. The highest BCUT2D eigenvalue weighted by Crippen LogP contribution is 2.41. The lowest BCUT2D eigenvalue weighted by Crippen LogP contribution is -2.51. The average molecular weight is 565 g/mol. The zero-order chi connectivity index (χ0) is 28.3. The van der Waals surface area contributed by atoms with E-state index in [1.165, 1.54) is 4.57 Å². The maximum Gasteiger partial charge on any atom is 0.407 e. The van der Waals surface area contributed by atoms with Gasteiger partial charge in [0, 0.05) is 59.5 Å². The van der Waals surface area contributed by atoms with Crippen LogP contribution in [0.2, 0.25) is 5.02 Å². The van der Waals surface area contributed by atoms with Crippen LogP contribution in [0.25, 0.3) is 33.1 Å². The summed E-state index contributed by atoms with van der Waals surface area (Å²) in [6, 6.07) is 5.91. The van der Waals surface area contributed by atoms with Crippen LogP contribution in [0.5, 0.6) is 0 Å². The fourth-order valence-electron chi connectivity index (χ4n) is 6.21. The van der Waals surface area contributed by atoms with Crippen LogP contribution >= 0.6 is 11.6 Å². The van der Waals surface area contributed by atoms with E-state index in [0.717, 1.165) is 42.6 Å². The third-order valence-electron chi connectivity index (χ3n) is 7.91. The topological polar surface area (TPSA) is 115 Å². The largest absolute Gasteiger partial charge is 0.444 e. The van der Waals surface area contributed by atoms with Gasteiger partial charge < -0.3 is 29.2 Å². The molecule has 0 unspecified atom stereocenters. The molecule has 2 bridgehead atoms. The maximum absolute atomic E-state index is 12.6. The van der Waals surface area contributed by atoms with Crippen LogP contribution in [0.1, 0.15) is 46.5 Å². The molecular weight excluding hydrogens is 532 g/mol. The van der Waals surface area contributed by atoms with Crippen molar-refractivity contribution in [1.29, 1.82) is 0 Å². The molecule has 2 N–H and O–H groups in total. The standard InChI is InChI=1S/C29H33ClN6O4/c1-29(2,3)40-28(39)32-16-11-17-5-6-18(12-16)36(17)23-13-31-25-22(14-35(15-37)26(25)33-23)19-7-8-21-20(24(19)30)9-10-34(4)27(21)38/h7-10,13-14,16-18,37H,5-6,11-12,15H2,1-4H3,(H,32,39)/t16-,17+,18-. The third kappa shape index (κ3) is 4.58. The monoisotopic (exact) mass is 564 g/mol. The molecule has 0 saturated carbocycles. The van der Waals surface area contributed by atoms with Gasteiger partial charge in [0.25, 0.3) is 5.56 Å². The van der Waals surface area contributed by atoms with Gasteiger partial charge in [-0.05, 0) is 58.6 Å². The van der Waals surface area contributed by atoms with Crippen molar-refractivity contribution in [2.24, 2.45) is 7.05 Å². The summed E-state index contributed by atoms with van der Waals surface area (Å²) < 4.78 is 8.64. The van der Waals surface area contributed by atoms with Crippen LogP contribution in [0.3, 0.4) is 0 Å². The van der Waals surface area contributed by atoms with Crippen LogP contribution in [-0.2, 0) is 18.5 Å². The van der Waals surface area contributed by atoms with Gasteiger partial charge in [-0.3, -0.25) is 4.79 Å². The van der Waals surface area contributed by atoms with Crippen molar-refractivity contribution >= 4 is 45.4 Å². The molecule has 2 aliphatic heterocycles. The first-order chi connectivity index (χ1) is 19.0. The van der Waals surface area contributed by atoms with Crippen molar-refractivity contribution in [3.8, 4) is 11.1 Å². The number of aromatic nitrogens is 4. The van der Waals surface area contributed by atoms with Gasteiger partial charge in [-0.2, -0.15) is 0 Å². The summed E-state index contributed by atoms with van der Waals surface area (Å²) in [5, 5.41) is 14.9. The second kappa shape index (κ2) is 9.78. The number of pyridine rings is 1. The van der Waals surface area contributed by atoms with Crippen molar-refractivity contribution in [2.45, 2.75) is 76.9 Å². The Morgan fingerprint density at radius 1 is 1.15 bits per heavy atom. The van der Waals surface area contributed by atoms with E-state index in [2.05, 4.69) is 10.2 Å². The lowest BCUT2D eigenvalue weighted by atomic mass is 9.97. The summed E-state index contributed by atoms with van der Waals surface area (Å²) >= 11 is 6.82. The minimum Gasteiger partial charge on any atom is -0.444 e. The summed E-state index contributed by atoms with van der Waals surface area (Å²) in [6.45, 7) is 5.31. The first-order valence-corrected chi connectivity index (χ1v) is 13.9. The summed E-state index contributed by atoms with van der Waals surface area (Å²) in [4.78, 5) is 37.0. The van der Waals surface area contributed by atoms with E-state index in [-0.39, 0.29) is 36.5 Å². The second-order valence-corrected chi connectivity index (χ2v) is 12.2. The molecule has 0 aliphatic carbocycles. The molecule has 0 spiro atoms. The molecule has 3 atom stereocenters. The van der Waals surface area contributed by atoms with E-state index in [1.54, 1.807) is 36.3 Å². The highest BCUT2D eigenvalue weighted by molar-refractivity contribution is 6.38. The number of aliphatic hydroxyl groups is 1. The number of fused-ring (bicyclic) bond motifs is 4. The van der Waals surface area contributed by atoms with Gasteiger partial charge in [-0.15, -0.1) is 0 Å². The quantitative estimate of drug-likeness (QED) is 0.373. The Morgan fingerprint density at radius 3 is 2.55 bits per heavy atom. The Kier molecular flexibility index (Phi) is 6.50. The Morgan fingerprint density at radius 2 is 1.88 bits per heavy atom. The van der Waals surface area contributed by atoms with Gasteiger partial charge in [0.15, 0.2) is 5.65 Å². The number of nitrogens with one attached hydrogen (secondary N) is 1. The summed E-state index contributed by atoms with van der Waals surface area (Å²) in [6.07, 6.45) is 8.52. The molecule has 5 heterocycles. The molecule has 0 radical (unpaired) electrons. The molecule has 2 fully saturated rings. The van der Waals surface area contributed by atoms with Gasteiger partial charge in [-0.1, -0.05) is 17.7 Å². The number of hydrogen-bond acceptors (Lipinski definition) is 7. The molecular formula is C29H33ClN6O4. The normalized spacial score (nSPS) is 20.9. The number of anilines is 1. The molecule has 6 rings (SSSR count). The molecule has 210 valence electrons. The van der Waals surface area contributed by atoms with E-state index >= 15 is 0 Å². The Balaban J connectivity index is 1.31. The fraction of sp³-hybridized carbons (Fsp3) is 0.448. The number of amides is 1. The Labute approximate surface area is 236 Å². The van der Waals surface area contributed by atoms with E-state index in [1.807, 2.05) is 32.9 Å². The number of ether oxygens (including phenoxy) is 1. The number of halogens is 1. The number of rotatable bonds is 4. The first-order valence-electron chi connectivity index (χ1n) is 13.6. The molecule has 10 nitrogen and oxygen atoms in total. The van der Waals surface area contributed by atoms with Crippen molar-refractivity contribution in [2.75, 3.05) is 4.90 Å². The van der Waals surface area contributed by atoms with Crippen LogP contribution < -0.4 is 15.8 Å². The van der Waals surface area contributed by atoms with Crippen LogP contribution in [0.15, 0.2) is 41.6 Å². The molecule has 40 heavy (non-hydrogen) atoms. The van der Waals surface area contributed by atoms with Crippen molar-refractivity contribution in [1.82, 2.24) is 24.4 Å². The Bertz CT molecular complexity index is 1680. The zero-order valence-corrected chi connectivity index (χ0v) is 23.8. The van der Waals surface area contributed by atoms with Gasteiger partial charge in [0.05, 0.1) is 11.2 Å². The van der Waals surface area contributed by atoms with Crippen molar-refractivity contribution in [3.63, 3.8) is 0 Å². The van der Waals surface area contributed by atoms with E-state index in [9.17, 15) is 14.7 Å². The summed E-state index contributed by atoms with van der Waals surface area (Å²) in [5.74, 6) is 0.753. The first kappa shape index (κ1) is 26.6. The van der Waals surface area contributed by atoms with Crippen molar-refractivity contribution < 1.29 is 14.6 Å². The van der Waals surface area contributed by atoms with Crippen LogP contribution in [0, 0.1) is 0 Å². The number of alkyl carbamates (subject to hydrolysis) is 1. The number of aryl methyl sites for hydroxylation is 1. The average Bonchev–Trinajstić information content (AvgIpc) is 3.39. The SMILES string of the molecule is Cn1ccc2c(Cl)c(-c3cn(CO)c4nc(N5[C@@H]6CC[C@H]5C[C@@H](NC(=O)OC(C)(C)C)C6)cnc34)ccc2c1=O. The van der Waals surface area contributed by atoms with Gasteiger partial charge in [0.1, 0.15) is 23.7 Å². The van der Waals surface area contributed by atoms with E-state index in [4.69, 9.17) is 26.3 Å². The molecule has 3 aromatic heterocycles. The van der Waals surface area contributed by atoms with Gasteiger partial charge in [-0.25, -0.2) is 14.8 Å². The van der Waals surface area contributed by atoms with Crippen molar-refractivity contribution in [3.05, 3.63) is 52.2 Å². The number of hydrogen-bond donors (Lipinski definition) is 2. The summed E-state index contributed by atoms with van der Waals surface area (Å²) in [5.41, 5.74) is 1.98. The smallest absolute Gasteiger partial charge is 0.407 e. The minimum absolute atomic E-state index is 0.0417. The molecule has 1 aromatic carbocycles. The molecule has 1 amide bonds. The number of nitrogens with zero attached hydrogens (tertiary/aromatic N) is 5. The maximum atomic E-state index is 12.6. The lowest BCUT2D eigenvalue weighted by Gasteiger charge is -2.39. The molecule has 11 heteroatoms. The highest BCUT2D eigenvalue weighted by atomic mass is 35.5. The van der Waals surface area contributed by atoms with Gasteiger partial charge >= 0.3 is 6.09 Å². The minimum atomic E-state index is -0.538. The number of piperidine rings is 1. The van der Waals surface area contributed by atoms with E-state index < -0.39 is 5.60 Å². The number of benzene rings is 1. The fourth-order valence-corrected chi connectivity index (χ4v) is 6.54. The number of carbonyl (C=O) groups excluding carboxylic acids is 1. The van der Waals surface area contributed by atoms with Gasteiger partial charge in [0.2, 0.25) is 0 Å². The predicted molar refractivity (Wildman–Crippen MR) is 155 cm³/mol. The Hall–Kier alpha value is -3.63.